The summed E-state index contributed by atoms with van der Waals surface area (Å²) in [7, 11) is 0. The van der Waals surface area contributed by atoms with Crippen LogP contribution in [-0.4, -0.2) is 22.3 Å². The van der Waals surface area contributed by atoms with Gasteiger partial charge in [-0.3, -0.25) is 0 Å². The second kappa shape index (κ2) is 5.81. The van der Waals surface area contributed by atoms with Gasteiger partial charge in [-0.25, -0.2) is 14.3 Å². The van der Waals surface area contributed by atoms with E-state index in [1.54, 1.807) is 24.3 Å². The van der Waals surface area contributed by atoms with E-state index in [4.69, 9.17) is 18.9 Å². The number of fused-ring (bicyclic) bond motifs is 2. The molecule has 2 aliphatic heterocycles. The molecule has 6 nitrogen and oxygen atoms in total. The van der Waals surface area contributed by atoms with Gasteiger partial charge in [0, 0.05) is 22.0 Å². The summed E-state index contributed by atoms with van der Waals surface area (Å²) < 4.78 is 25.4. The predicted molar refractivity (Wildman–Crippen MR) is 107 cm³/mol. The number of phenolic OH excluding ortho intramolecular Hbond substituents is 1. The standard InChI is InChI=1S/C23H24FNO5/c1-20(2,3)23-21(4,5)12-27-22(23,29-30-23)14-10-16(26)18-17(11-14)28-19(25-18)13-6-8-15(24)9-7-13/h6-11,26H,12H2,1-5H3. The van der Waals surface area contributed by atoms with Crippen LogP contribution in [-0.2, 0) is 20.3 Å². The van der Waals surface area contributed by atoms with Crippen molar-refractivity contribution in [1.82, 2.24) is 4.98 Å². The molecule has 3 heterocycles. The van der Waals surface area contributed by atoms with Crippen LogP contribution < -0.4 is 0 Å². The fraction of sp³-hybridized carbons (Fsp3) is 0.435. The van der Waals surface area contributed by atoms with E-state index < -0.39 is 11.4 Å². The van der Waals surface area contributed by atoms with Crippen LogP contribution in [0.2, 0.25) is 0 Å². The molecule has 2 atom stereocenters. The Labute approximate surface area is 173 Å². The number of aromatic nitrogens is 1. The summed E-state index contributed by atoms with van der Waals surface area (Å²) in [6.45, 7) is 10.9. The smallest absolute Gasteiger partial charge is 0.261 e. The molecule has 0 spiro atoms. The number of hydrogen-bond acceptors (Lipinski definition) is 6. The minimum atomic E-state index is -1.18. The first-order valence-corrected chi connectivity index (χ1v) is 9.92. The summed E-state index contributed by atoms with van der Waals surface area (Å²) in [6, 6.07) is 9.17. The third-order valence-corrected chi connectivity index (χ3v) is 6.34. The topological polar surface area (TPSA) is 74.0 Å². The highest BCUT2D eigenvalue weighted by molar-refractivity contribution is 5.83. The summed E-state index contributed by atoms with van der Waals surface area (Å²) in [4.78, 5) is 15.9. The molecule has 0 aliphatic carbocycles. The van der Waals surface area contributed by atoms with Crippen LogP contribution in [0.5, 0.6) is 5.75 Å². The SMILES string of the molecule is CC(C)(C)C12OOC1(c1cc(O)c3nc(-c4ccc(F)cc4)oc3c1)OCC2(C)C. The van der Waals surface area contributed by atoms with Gasteiger partial charge >= 0.3 is 0 Å². The molecular formula is C23H24FNO5. The Morgan fingerprint density at radius 3 is 2.37 bits per heavy atom. The minimum absolute atomic E-state index is 0.0550. The van der Waals surface area contributed by atoms with Gasteiger partial charge in [-0.2, -0.15) is 4.89 Å². The van der Waals surface area contributed by atoms with Gasteiger partial charge in [0.25, 0.3) is 5.79 Å². The van der Waals surface area contributed by atoms with Gasteiger partial charge in [-0.1, -0.05) is 34.6 Å². The molecule has 2 aliphatic rings. The number of phenols is 1. The molecule has 3 aromatic rings. The molecule has 2 aromatic carbocycles. The lowest BCUT2D eigenvalue weighted by atomic mass is 9.57. The highest BCUT2D eigenvalue weighted by atomic mass is 19.1. The van der Waals surface area contributed by atoms with E-state index in [1.165, 1.54) is 12.1 Å². The molecule has 1 N–H and O–H groups in total. The third kappa shape index (κ3) is 2.25. The Morgan fingerprint density at radius 1 is 1.07 bits per heavy atom. The monoisotopic (exact) mass is 413 g/mol. The van der Waals surface area contributed by atoms with Gasteiger partial charge in [-0.15, -0.1) is 0 Å². The number of nitrogens with zero attached hydrogens (tertiary/aromatic N) is 1. The van der Waals surface area contributed by atoms with Crippen molar-refractivity contribution in [1.29, 1.82) is 0 Å². The van der Waals surface area contributed by atoms with E-state index >= 15 is 0 Å². The third-order valence-electron chi connectivity index (χ3n) is 6.34. The number of ether oxygens (including phenoxy) is 1. The number of aromatic hydroxyl groups is 1. The van der Waals surface area contributed by atoms with E-state index in [0.717, 1.165) is 0 Å². The molecule has 2 fully saturated rings. The molecule has 158 valence electrons. The molecule has 30 heavy (non-hydrogen) atoms. The maximum absolute atomic E-state index is 13.2. The Morgan fingerprint density at radius 2 is 1.77 bits per heavy atom. The van der Waals surface area contributed by atoms with E-state index in [9.17, 15) is 9.50 Å². The quantitative estimate of drug-likeness (QED) is 0.575. The van der Waals surface area contributed by atoms with Crippen LogP contribution in [0, 0.1) is 16.6 Å². The van der Waals surface area contributed by atoms with Crippen molar-refractivity contribution in [2.75, 3.05) is 6.61 Å². The zero-order valence-corrected chi connectivity index (χ0v) is 17.6. The summed E-state index contributed by atoms with van der Waals surface area (Å²) in [5.74, 6) is -1.29. The lowest BCUT2D eigenvalue weighted by molar-refractivity contribution is -0.626. The average molecular weight is 413 g/mol. The molecule has 7 heteroatoms. The van der Waals surface area contributed by atoms with Crippen LogP contribution in [0.25, 0.3) is 22.6 Å². The number of oxazole rings is 1. The second-order valence-electron chi connectivity index (χ2n) is 9.76. The molecule has 0 radical (unpaired) electrons. The first kappa shape index (κ1) is 19.5. The van der Waals surface area contributed by atoms with Crippen LogP contribution in [0.15, 0.2) is 40.8 Å². The number of rotatable bonds is 2. The molecule has 5 rings (SSSR count). The Hall–Kier alpha value is -2.48. The molecule has 0 bridgehead atoms. The fourth-order valence-corrected chi connectivity index (χ4v) is 5.15. The highest BCUT2D eigenvalue weighted by Gasteiger charge is 2.81. The van der Waals surface area contributed by atoms with Crippen molar-refractivity contribution in [2.24, 2.45) is 10.8 Å². The van der Waals surface area contributed by atoms with Crippen molar-refractivity contribution in [2.45, 2.75) is 46.0 Å². The molecule has 0 amide bonds. The molecule has 2 saturated heterocycles. The largest absolute Gasteiger partial charge is 0.506 e. The van der Waals surface area contributed by atoms with Gasteiger partial charge in [0.2, 0.25) is 5.89 Å². The van der Waals surface area contributed by atoms with Crippen molar-refractivity contribution in [3.05, 3.63) is 47.8 Å². The summed E-state index contributed by atoms with van der Waals surface area (Å²) >= 11 is 0. The van der Waals surface area contributed by atoms with Crippen molar-refractivity contribution in [3.63, 3.8) is 0 Å². The first-order chi connectivity index (χ1) is 14.0. The Balaban J connectivity index is 1.66. The number of hydrogen-bond donors (Lipinski definition) is 1. The second-order valence-corrected chi connectivity index (χ2v) is 9.76. The van der Waals surface area contributed by atoms with Gasteiger partial charge in [0.1, 0.15) is 11.6 Å². The van der Waals surface area contributed by atoms with Crippen molar-refractivity contribution in [3.8, 4) is 17.2 Å². The molecular weight excluding hydrogens is 389 g/mol. The summed E-state index contributed by atoms with van der Waals surface area (Å²) in [5.41, 5.74) is 0.468. The van der Waals surface area contributed by atoms with Crippen molar-refractivity contribution < 1.29 is 28.4 Å². The normalized spacial score (nSPS) is 27.8. The van der Waals surface area contributed by atoms with Gasteiger partial charge < -0.3 is 14.3 Å². The summed E-state index contributed by atoms with van der Waals surface area (Å²) in [6.07, 6.45) is 0. The zero-order valence-electron chi connectivity index (χ0n) is 17.6. The van der Waals surface area contributed by atoms with Gasteiger partial charge in [0.05, 0.1) is 6.61 Å². The Bertz CT molecular complexity index is 1150. The van der Waals surface area contributed by atoms with E-state index in [-0.39, 0.29) is 28.3 Å². The predicted octanol–water partition coefficient (Wildman–Crippen LogP) is 5.30. The van der Waals surface area contributed by atoms with E-state index in [0.29, 0.717) is 28.8 Å². The van der Waals surface area contributed by atoms with Crippen LogP contribution in [0.4, 0.5) is 4.39 Å². The van der Waals surface area contributed by atoms with E-state index in [1.807, 2.05) is 0 Å². The lowest BCUT2D eigenvalue weighted by Crippen LogP contribution is -2.73. The summed E-state index contributed by atoms with van der Waals surface area (Å²) in [5, 5.41) is 10.7. The maximum atomic E-state index is 13.2. The van der Waals surface area contributed by atoms with Gasteiger partial charge in [-0.05, 0) is 36.4 Å². The maximum Gasteiger partial charge on any atom is 0.261 e. The van der Waals surface area contributed by atoms with Crippen LogP contribution in [0.3, 0.4) is 0 Å². The zero-order chi connectivity index (χ0) is 21.5. The fourth-order valence-electron chi connectivity index (χ4n) is 5.15. The van der Waals surface area contributed by atoms with Crippen LogP contribution in [0.1, 0.15) is 40.2 Å². The molecule has 0 saturated carbocycles. The number of halogens is 1. The number of benzene rings is 2. The van der Waals surface area contributed by atoms with Crippen molar-refractivity contribution >= 4 is 11.1 Å². The molecule has 1 aromatic heterocycles. The minimum Gasteiger partial charge on any atom is -0.506 e. The Kier molecular flexibility index (Phi) is 3.77. The lowest BCUT2D eigenvalue weighted by Gasteiger charge is -2.61. The van der Waals surface area contributed by atoms with E-state index in [2.05, 4.69) is 39.6 Å². The highest BCUT2D eigenvalue weighted by Crippen LogP contribution is 2.69. The average Bonchev–Trinajstić information content (AvgIpc) is 3.11. The molecule has 2 unspecified atom stereocenters. The van der Waals surface area contributed by atoms with Gasteiger partial charge in [0.15, 0.2) is 16.7 Å². The van der Waals surface area contributed by atoms with Crippen LogP contribution >= 0.6 is 0 Å². The first-order valence-electron chi connectivity index (χ1n) is 9.92.